The highest BCUT2D eigenvalue weighted by Gasteiger charge is 2.41. The van der Waals surface area contributed by atoms with E-state index < -0.39 is 30.1 Å². The van der Waals surface area contributed by atoms with Gasteiger partial charge in [0.15, 0.2) is 0 Å². The number of hydrogen-bond acceptors (Lipinski definition) is 2. The number of carboxylic acid groups (broad SMARTS) is 1. The highest BCUT2D eigenvalue weighted by molar-refractivity contribution is 5.77. The summed E-state index contributed by atoms with van der Waals surface area (Å²) in [6.07, 6.45) is -2.67. The molecule has 0 saturated carbocycles. The van der Waals surface area contributed by atoms with Gasteiger partial charge in [-0.1, -0.05) is 13.3 Å². The highest BCUT2D eigenvalue weighted by atomic mass is 19.4. The summed E-state index contributed by atoms with van der Waals surface area (Å²) in [5.41, 5.74) is -0.852. The Morgan fingerprint density at radius 2 is 1.85 bits per heavy atom. The molecule has 116 valence electrons. The highest BCUT2D eigenvalue weighted by Crippen LogP contribution is 2.36. The number of aliphatic carboxylic acids is 1. The Balaban J connectivity index is 2.52. The van der Waals surface area contributed by atoms with Gasteiger partial charge < -0.3 is 15.3 Å². The second-order valence-electron chi connectivity index (χ2n) is 5.10. The third-order valence-electron chi connectivity index (χ3n) is 3.63. The molecule has 0 aromatic heterocycles. The lowest BCUT2D eigenvalue weighted by atomic mass is 9.75. The first kappa shape index (κ1) is 16.6. The maximum atomic E-state index is 12.0. The Hall–Kier alpha value is -1.47. The van der Waals surface area contributed by atoms with E-state index in [-0.39, 0.29) is 25.9 Å². The minimum Gasteiger partial charge on any atom is -0.481 e. The van der Waals surface area contributed by atoms with Crippen molar-refractivity contribution in [2.24, 2.45) is 5.41 Å². The van der Waals surface area contributed by atoms with Crippen LogP contribution in [0.4, 0.5) is 18.0 Å². The van der Waals surface area contributed by atoms with Crippen molar-refractivity contribution in [1.29, 1.82) is 0 Å². The average molecular weight is 296 g/mol. The third-order valence-corrected chi connectivity index (χ3v) is 3.63. The van der Waals surface area contributed by atoms with Crippen molar-refractivity contribution >= 4 is 12.0 Å². The van der Waals surface area contributed by atoms with Crippen molar-refractivity contribution in [1.82, 2.24) is 10.2 Å². The van der Waals surface area contributed by atoms with Gasteiger partial charge in [0, 0.05) is 13.1 Å². The molecule has 8 heteroatoms. The van der Waals surface area contributed by atoms with Crippen LogP contribution in [0.15, 0.2) is 0 Å². The first-order chi connectivity index (χ1) is 9.20. The molecule has 0 spiro atoms. The van der Waals surface area contributed by atoms with Gasteiger partial charge in [0.2, 0.25) is 0 Å². The number of alkyl halides is 3. The van der Waals surface area contributed by atoms with Crippen LogP contribution < -0.4 is 5.32 Å². The van der Waals surface area contributed by atoms with Gasteiger partial charge >= 0.3 is 18.2 Å². The van der Waals surface area contributed by atoms with E-state index >= 15 is 0 Å². The maximum Gasteiger partial charge on any atom is 0.405 e. The summed E-state index contributed by atoms with van der Waals surface area (Å²) in [7, 11) is 0. The number of nitrogens with zero attached hydrogens (tertiary/aromatic N) is 1. The molecule has 0 aromatic rings. The average Bonchev–Trinajstić information content (AvgIpc) is 2.36. The SMILES string of the molecule is CCCC1(C(=O)O)CCN(C(=O)NCC(F)(F)F)CC1. The molecule has 1 heterocycles. The van der Waals surface area contributed by atoms with Crippen molar-refractivity contribution in [3.05, 3.63) is 0 Å². The molecular formula is C12H19F3N2O3. The fourth-order valence-corrected chi connectivity index (χ4v) is 2.47. The van der Waals surface area contributed by atoms with Gasteiger partial charge in [-0.3, -0.25) is 4.79 Å². The molecule has 1 saturated heterocycles. The Morgan fingerprint density at radius 1 is 1.30 bits per heavy atom. The molecule has 2 N–H and O–H groups in total. The van der Waals surface area contributed by atoms with Crippen molar-refractivity contribution < 1.29 is 27.9 Å². The molecule has 1 rings (SSSR count). The number of halogens is 3. The standard InChI is InChI=1S/C12H19F3N2O3/c1-2-3-11(9(18)19)4-6-17(7-5-11)10(20)16-8-12(13,14)15/h2-8H2,1H3,(H,16,20)(H,18,19). The summed E-state index contributed by atoms with van der Waals surface area (Å²) in [6, 6.07) is -0.794. The van der Waals surface area contributed by atoms with Crippen LogP contribution in [0.2, 0.25) is 0 Å². The van der Waals surface area contributed by atoms with Crippen LogP contribution in [0, 0.1) is 5.41 Å². The van der Waals surface area contributed by atoms with Crippen LogP contribution in [0.1, 0.15) is 32.6 Å². The summed E-state index contributed by atoms with van der Waals surface area (Å²) in [6.45, 7) is 0.834. The first-order valence-corrected chi connectivity index (χ1v) is 6.53. The van der Waals surface area contributed by atoms with E-state index in [9.17, 15) is 27.9 Å². The normalized spacial score (nSPS) is 18.7. The number of amides is 2. The van der Waals surface area contributed by atoms with E-state index in [1.54, 1.807) is 5.32 Å². The number of piperidine rings is 1. The van der Waals surface area contributed by atoms with E-state index in [2.05, 4.69) is 0 Å². The zero-order chi connectivity index (χ0) is 15.4. The number of carbonyl (C=O) groups excluding carboxylic acids is 1. The lowest BCUT2D eigenvalue weighted by Crippen LogP contribution is -2.50. The summed E-state index contributed by atoms with van der Waals surface area (Å²) in [4.78, 5) is 24.1. The predicted molar refractivity (Wildman–Crippen MR) is 65.2 cm³/mol. The van der Waals surface area contributed by atoms with Crippen LogP contribution >= 0.6 is 0 Å². The van der Waals surface area contributed by atoms with Gasteiger partial charge in [0.1, 0.15) is 6.54 Å². The molecule has 5 nitrogen and oxygen atoms in total. The number of carboxylic acids is 1. The van der Waals surface area contributed by atoms with Crippen LogP contribution in [0.25, 0.3) is 0 Å². The Labute approximate surface area is 115 Å². The van der Waals surface area contributed by atoms with E-state index in [1.165, 1.54) is 4.90 Å². The summed E-state index contributed by atoms with van der Waals surface area (Å²) in [5, 5.41) is 11.1. The van der Waals surface area contributed by atoms with Crippen molar-refractivity contribution in [2.75, 3.05) is 19.6 Å². The number of hydrogen-bond donors (Lipinski definition) is 2. The predicted octanol–water partition coefficient (Wildman–Crippen LogP) is 2.23. The van der Waals surface area contributed by atoms with Crippen LogP contribution in [-0.2, 0) is 4.79 Å². The van der Waals surface area contributed by atoms with Crippen LogP contribution in [-0.4, -0.2) is 47.8 Å². The first-order valence-electron chi connectivity index (χ1n) is 6.53. The van der Waals surface area contributed by atoms with Crippen LogP contribution in [0.5, 0.6) is 0 Å². The van der Waals surface area contributed by atoms with E-state index in [1.807, 2.05) is 6.92 Å². The molecule has 0 atom stereocenters. The molecule has 0 aliphatic carbocycles. The molecule has 2 amide bonds. The zero-order valence-electron chi connectivity index (χ0n) is 11.3. The maximum absolute atomic E-state index is 12.0. The van der Waals surface area contributed by atoms with Gasteiger partial charge in [-0.2, -0.15) is 13.2 Å². The van der Waals surface area contributed by atoms with Gasteiger partial charge in [-0.15, -0.1) is 0 Å². The molecule has 1 fully saturated rings. The topological polar surface area (TPSA) is 69.6 Å². The number of likely N-dealkylation sites (tertiary alicyclic amines) is 1. The number of rotatable bonds is 4. The summed E-state index contributed by atoms with van der Waals surface area (Å²) >= 11 is 0. The minimum atomic E-state index is -4.45. The second-order valence-corrected chi connectivity index (χ2v) is 5.10. The lowest BCUT2D eigenvalue weighted by molar-refractivity contribution is -0.152. The van der Waals surface area contributed by atoms with Crippen molar-refractivity contribution in [3.63, 3.8) is 0 Å². The van der Waals surface area contributed by atoms with Crippen molar-refractivity contribution in [2.45, 2.75) is 38.8 Å². The Bertz CT molecular complexity index is 363. The molecule has 1 aliphatic rings. The number of carbonyl (C=O) groups is 2. The second kappa shape index (κ2) is 6.32. The number of urea groups is 1. The lowest BCUT2D eigenvalue weighted by Gasteiger charge is -2.38. The molecule has 0 aromatic carbocycles. The summed E-state index contributed by atoms with van der Waals surface area (Å²) in [5.74, 6) is -0.894. The number of nitrogens with one attached hydrogen (secondary N) is 1. The molecule has 0 bridgehead atoms. The molecule has 0 radical (unpaired) electrons. The van der Waals surface area contributed by atoms with Gasteiger partial charge in [-0.05, 0) is 19.3 Å². The van der Waals surface area contributed by atoms with E-state index in [4.69, 9.17) is 0 Å². The fraction of sp³-hybridized carbons (Fsp3) is 0.833. The van der Waals surface area contributed by atoms with Gasteiger partial charge in [0.05, 0.1) is 5.41 Å². The fourth-order valence-electron chi connectivity index (χ4n) is 2.47. The van der Waals surface area contributed by atoms with Gasteiger partial charge in [-0.25, -0.2) is 4.79 Å². The molecule has 1 aliphatic heterocycles. The summed E-state index contributed by atoms with van der Waals surface area (Å²) < 4.78 is 36.0. The molecular weight excluding hydrogens is 277 g/mol. The zero-order valence-corrected chi connectivity index (χ0v) is 11.3. The largest absolute Gasteiger partial charge is 0.481 e. The molecule has 0 unspecified atom stereocenters. The van der Waals surface area contributed by atoms with Crippen molar-refractivity contribution in [3.8, 4) is 0 Å². The third kappa shape index (κ3) is 4.28. The van der Waals surface area contributed by atoms with Gasteiger partial charge in [0.25, 0.3) is 0 Å². The quantitative estimate of drug-likeness (QED) is 0.835. The Morgan fingerprint density at radius 3 is 2.25 bits per heavy atom. The smallest absolute Gasteiger partial charge is 0.405 e. The van der Waals surface area contributed by atoms with E-state index in [0.717, 1.165) is 0 Å². The van der Waals surface area contributed by atoms with Crippen LogP contribution in [0.3, 0.4) is 0 Å². The Kier molecular flexibility index (Phi) is 5.24. The monoisotopic (exact) mass is 296 g/mol. The molecule has 20 heavy (non-hydrogen) atoms. The van der Waals surface area contributed by atoms with E-state index in [0.29, 0.717) is 12.8 Å². The minimum absolute atomic E-state index is 0.163.